The maximum Gasteiger partial charge on any atom is 0.290 e. The van der Waals surface area contributed by atoms with Crippen LogP contribution in [0.3, 0.4) is 0 Å². The Morgan fingerprint density at radius 2 is 2.15 bits per heavy atom. The van der Waals surface area contributed by atoms with Crippen molar-refractivity contribution < 1.29 is 9.21 Å². The molecule has 0 unspecified atom stereocenters. The Balaban J connectivity index is 2.44. The summed E-state index contributed by atoms with van der Waals surface area (Å²) >= 11 is 0. The quantitative estimate of drug-likeness (QED) is 0.800. The molecule has 0 aliphatic heterocycles. The Hall–Kier alpha value is -2.54. The lowest BCUT2D eigenvalue weighted by atomic mass is 10.2. The zero-order valence-electron chi connectivity index (χ0n) is 11.3. The second kappa shape index (κ2) is 6.07. The molecule has 1 amide bonds. The van der Waals surface area contributed by atoms with Crippen LogP contribution < -0.4 is 5.43 Å². The fourth-order valence-corrected chi connectivity index (χ4v) is 2.00. The second-order valence-electron chi connectivity index (χ2n) is 4.40. The highest BCUT2D eigenvalue weighted by Crippen LogP contribution is 2.13. The first-order valence-corrected chi connectivity index (χ1v) is 6.43. The van der Waals surface area contributed by atoms with Gasteiger partial charge >= 0.3 is 0 Å². The van der Waals surface area contributed by atoms with Crippen LogP contribution in [-0.2, 0) is 0 Å². The molecule has 0 saturated carbocycles. The number of carbonyl (C=O) groups excluding carboxylic acids is 1. The molecule has 2 aromatic rings. The second-order valence-corrected chi connectivity index (χ2v) is 4.40. The van der Waals surface area contributed by atoms with Crippen LogP contribution in [0, 0.1) is 12.3 Å². The Morgan fingerprint density at radius 1 is 1.40 bits per heavy atom. The van der Waals surface area contributed by atoms with Gasteiger partial charge in [-0.3, -0.25) is 9.59 Å². The molecule has 102 valence electrons. The van der Waals surface area contributed by atoms with Gasteiger partial charge in [-0.25, -0.2) is 0 Å². The number of benzene rings is 1. The molecule has 1 heterocycles. The maximum absolute atomic E-state index is 12.3. The average molecular weight is 269 g/mol. The van der Waals surface area contributed by atoms with E-state index in [1.54, 1.807) is 24.3 Å². The SMILES string of the molecule is C#CCN(CCC)C(=O)c1cc(=O)c2ccccc2o1. The molecular weight excluding hydrogens is 254 g/mol. The van der Waals surface area contributed by atoms with Gasteiger partial charge in [-0.15, -0.1) is 6.42 Å². The molecule has 0 radical (unpaired) electrons. The smallest absolute Gasteiger partial charge is 0.290 e. The number of nitrogens with zero attached hydrogens (tertiary/aromatic N) is 1. The fourth-order valence-electron chi connectivity index (χ4n) is 2.00. The number of para-hydroxylation sites is 1. The first kappa shape index (κ1) is 13.9. The molecule has 0 bridgehead atoms. The average Bonchev–Trinajstić information content (AvgIpc) is 2.46. The zero-order valence-corrected chi connectivity index (χ0v) is 11.3. The first-order chi connectivity index (χ1) is 9.67. The number of hydrogen-bond acceptors (Lipinski definition) is 3. The molecule has 0 aliphatic rings. The Morgan fingerprint density at radius 3 is 2.85 bits per heavy atom. The normalized spacial score (nSPS) is 10.2. The molecule has 20 heavy (non-hydrogen) atoms. The number of hydrogen-bond donors (Lipinski definition) is 0. The molecule has 0 fully saturated rings. The monoisotopic (exact) mass is 269 g/mol. The number of carbonyl (C=O) groups is 1. The van der Waals surface area contributed by atoms with Crippen LogP contribution >= 0.6 is 0 Å². The molecular formula is C16H15NO3. The highest BCUT2D eigenvalue weighted by molar-refractivity contribution is 5.93. The summed E-state index contributed by atoms with van der Waals surface area (Å²) in [5.74, 6) is 2.11. The summed E-state index contributed by atoms with van der Waals surface area (Å²) in [6.45, 7) is 2.68. The standard InChI is InChI=1S/C16H15NO3/c1-3-9-17(10-4-2)16(19)15-11-13(18)12-7-5-6-8-14(12)20-15/h1,5-8,11H,4,9-10H2,2H3. The molecule has 1 aromatic heterocycles. The van der Waals surface area contributed by atoms with Gasteiger partial charge in [-0.2, -0.15) is 0 Å². The summed E-state index contributed by atoms with van der Waals surface area (Å²) < 4.78 is 5.52. The fraction of sp³-hybridized carbons (Fsp3) is 0.250. The van der Waals surface area contributed by atoms with Crippen molar-refractivity contribution in [1.82, 2.24) is 4.90 Å². The molecule has 4 nitrogen and oxygen atoms in total. The molecule has 1 aromatic carbocycles. The van der Waals surface area contributed by atoms with Gasteiger partial charge in [0.2, 0.25) is 0 Å². The van der Waals surface area contributed by atoms with Crippen LogP contribution in [0.4, 0.5) is 0 Å². The number of fused-ring (bicyclic) bond motifs is 1. The lowest BCUT2D eigenvalue weighted by molar-refractivity contribution is 0.0745. The van der Waals surface area contributed by atoms with Crippen molar-refractivity contribution in [3.05, 3.63) is 46.3 Å². The summed E-state index contributed by atoms with van der Waals surface area (Å²) in [5, 5.41) is 0.461. The number of terminal acetylenes is 1. The van der Waals surface area contributed by atoms with Crippen molar-refractivity contribution in [3.8, 4) is 12.3 Å². The third kappa shape index (κ3) is 2.72. The molecule has 0 aliphatic carbocycles. The van der Waals surface area contributed by atoms with E-state index in [1.807, 2.05) is 6.92 Å². The summed E-state index contributed by atoms with van der Waals surface area (Å²) in [5.41, 5.74) is 0.174. The van der Waals surface area contributed by atoms with E-state index in [2.05, 4.69) is 5.92 Å². The van der Waals surface area contributed by atoms with Gasteiger partial charge in [-0.1, -0.05) is 25.0 Å². The Kier molecular flexibility index (Phi) is 4.21. The van der Waals surface area contributed by atoms with Crippen molar-refractivity contribution in [2.24, 2.45) is 0 Å². The van der Waals surface area contributed by atoms with Crippen LogP contribution in [0.5, 0.6) is 0 Å². The lowest BCUT2D eigenvalue weighted by Crippen LogP contribution is -2.32. The van der Waals surface area contributed by atoms with Crippen LogP contribution in [0.25, 0.3) is 11.0 Å². The highest BCUT2D eigenvalue weighted by Gasteiger charge is 2.18. The maximum atomic E-state index is 12.3. The van der Waals surface area contributed by atoms with Crippen molar-refractivity contribution in [2.45, 2.75) is 13.3 Å². The van der Waals surface area contributed by atoms with E-state index in [9.17, 15) is 9.59 Å². The van der Waals surface area contributed by atoms with Crippen molar-refractivity contribution in [1.29, 1.82) is 0 Å². The van der Waals surface area contributed by atoms with Gasteiger partial charge < -0.3 is 9.32 Å². The van der Waals surface area contributed by atoms with Crippen LogP contribution in [0.15, 0.2) is 39.5 Å². The van der Waals surface area contributed by atoms with E-state index in [0.29, 0.717) is 17.5 Å². The van der Waals surface area contributed by atoms with Crippen molar-refractivity contribution in [3.63, 3.8) is 0 Å². The van der Waals surface area contributed by atoms with Gasteiger partial charge in [-0.05, 0) is 18.6 Å². The van der Waals surface area contributed by atoms with E-state index in [-0.39, 0.29) is 23.6 Å². The summed E-state index contributed by atoms with van der Waals surface area (Å²) in [7, 11) is 0. The predicted octanol–water partition coefficient (Wildman–Crippen LogP) is 2.28. The van der Waals surface area contributed by atoms with E-state index in [0.717, 1.165) is 6.42 Å². The first-order valence-electron chi connectivity index (χ1n) is 6.43. The Labute approximate surface area is 117 Å². The molecule has 0 atom stereocenters. The summed E-state index contributed by atoms with van der Waals surface area (Å²) in [6.07, 6.45) is 6.04. The third-order valence-electron chi connectivity index (χ3n) is 2.91. The van der Waals surface area contributed by atoms with E-state index < -0.39 is 0 Å². The van der Waals surface area contributed by atoms with Crippen molar-refractivity contribution in [2.75, 3.05) is 13.1 Å². The summed E-state index contributed by atoms with van der Waals surface area (Å²) in [4.78, 5) is 25.8. The lowest BCUT2D eigenvalue weighted by Gasteiger charge is -2.18. The van der Waals surface area contributed by atoms with Crippen LogP contribution in [-0.4, -0.2) is 23.9 Å². The van der Waals surface area contributed by atoms with E-state index >= 15 is 0 Å². The van der Waals surface area contributed by atoms with Gasteiger partial charge in [0.25, 0.3) is 5.91 Å². The molecule has 2 rings (SSSR count). The van der Waals surface area contributed by atoms with E-state index in [1.165, 1.54) is 11.0 Å². The zero-order chi connectivity index (χ0) is 14.5. The van der Waals surface area contributed by atoms with Crippen molar-refractivity contribution >= 4 is 16.9 Å². The number of amides is 1. The Bertz CT molecular complexity index is 724. The van der Waals surface area contributed by atoms with E-state index in [4.69, 9.17) is 10.8 Å². The molecule has 0 saturated heterocycles. The highest BCUT2D eigenvalue weighted by atomic mass is 16.3. The minimum absolute atomic E-state index is 0.0254. The topological polar surface area (TPSA) is 50.5 Å². The van der Waals surface area contributed by atoms with Gasteiger partial charge in [0.15, 0.2) is 11.2 Å². The van der Waals surface area contributed by atoms with Crippen LogP contribution in [0.1, 0.15) is 23.9 Å². The third-order valence-corrected chi connectivity index (χ3v) is 2.91. The van der Waals surface area contributed by atoms with Crippen LogP contribution in [0.2, 0.25) is 0 Å². The minimum atomic E-state index is -0.354. The van der Waals surface area contributed by atoms with Gasteiger partial charge in [0, 0.05) is 12.6 Å². The van der Waals surface area contributed by atoms with Gasteiger partial charge in [0.05, 0.1) is 11.9 Å². The number of rotatable bonds is 4. The molecule has 4 heteroatoms. The minimum Gasteiger partial charge on any atom is -0.451 e. The molecule has 0 N–H and O–H groups in total. The predicted molar refractivity (Wildman–Crippen MR) is 77.5 cm³/mol. The summed E-state index contributed by atoms with van der Waals surface area (Å²) in [6, 6.07) is 8.07. The van der Waals surface area contributed by atoms with Gasteiger partial charge in [0.1, 0.15) is 5.58 Å². The molecule has 0 spiro atoms. The largest absolute Gasteiger partial charge is 0.451 e.